The Balaban J connectivity index is 2.14. The third kappa shape index (κ3) is 7.04. The van der Waals surface area contributed by atoms with Crippen molar-refractivity contribution < 1.29 is 28.9 Å². The van der Waals surface area contributed by atoms with Crippen molar-refractivity contribution in [2.45, 2.75) is 79.2 Å². The molecule has 214 valence electrons. The third-order valence-corrected chi connectivity index (χ3v) is 7.14. The first-order chi connectivity index (χ1) is 18.9. The van der Waals surface area contributed by atoms with Crippen LogP contribution < -0.4 is 9.47 Å². The molecule has 6 heteroatoms. The van der Waals surface area contributed by atoms with Gasteiger partial charge in [-0.1, -0.05) is 41.0 Å². The van der Waals surface area contributed by atoms with Crippen molar-refractivity contribution in [3.8, 4) is 17.2 Å². The van der Waals surface area contributed by atoms with Gasteiger partial charge in [0.25, 0.3) is 0 Å². The number of methoxy groups -OCH3 is 2. The Labute approximate surface area is 238 Å². The number of benzene rings is 1. The van der Waals surface area contributed by atoms with E-state index in [0.29, 0.717) is 17.1 Å². The zero-order valence-electron chi connectivity index (χ0n) is 25.1. The summed E-state index contributed by atoms with van der Waals surface area (Å²) in [5.74, 6) is -0.172. The standard InChI is InChI=1S/C34H42O6/c1-21(2)11-9-13-23(5)14-15-24-30(26(35)19-28(38-7)32(24)37)31-25-16-18-34(6,17-10-12-22(3)4)40-33(25)29(39-8)20-27(31)36/h11-12,14,16,18-20,36H,9-10,13,15,17H2,1-8H3/t34-/m1/s1. The van der Waals surface area contributed by atoms with Gasteiger partial charge in [-0.2, -0.15) is 0 Å². The van der Waals surface area contributed by atoms with Crippen LogP contribution in [0.4, 0.5) is 0 Å². The monoisotopic (exact) mass is 546 g/mol. The molecule has 0 bridgehead atoms. The molecule has 1 aliphatic heterocycles. The Hall–Kier alpha value is -3.80. The lowest BCUT2D eigenvalue weighted by Gasteiger charge is -2.34. The molecule has 1 aliphatic carbocycles. The van der Waals surface area contributed by atoms with E-state index in [-0.39, 0.29) is 40.4 Å². The second kappa shape index (κ2) is 13.0. The molecule has 0 saturated carbocycles. The van der Waals surface area contributed by atoms with Crippen LogP contribution in [0.1, 0.15) is 84.8 Å². The predicted molar refractivity (Wildman–Crippen MR) is 160 cm³/mol. The van der Waals surface area contributed by atoms with Crippen molar-refractivity contribution in [3.63, 3.8) is 0 Å². The topological polar surface area (TPSA) is 82.1 Å². The van der Waals surface area contributed by atoms with Crippen LogP contribution in [0.15, 0.2) is 64.5 Å². The second-order valence-electron chi connectivity index (χ2n) is 11.1. The summed E-state index contributed by atoms with van der Waals surface area (Å²) >= 11 is 0. The molecule has 1 N–H and O–H groups in total. The molecule has 0 unspecified atom stereocenters. The highest BCUT2D eigenvalue weighted by atomic mass is 16.5. The number of aromatic hydroxyl groups is 1. The first kappa shape index (κ1) is 30.7. The smallest absolute Gasteiger partial charge is 0.224 e. The molecular formula is C34H42O6. The molecule has 0 spiro atoms. The van der Waals surface area contributed by atoms with E-state index in [0.717, 1.165) is 31.3 Å². The molecule has 0 saturated heterocycles. The summed E-state index contributed by atoms with van der Waals surface area (Å²) in [4.78, 5) is 27.0. The fourth-order valence-electron chi connectivity index (χ4n) is 4.89. The number of ketones is 2. The van der Waals surface area contributed by atoms with E-state index in [1.807, 2.05) is 32.1 Å². The fourth-order valence-corrected chi connectivity index (χ4v) is 4.89. The van der Waals surface area contributed by atoms with Crippen molar-refractivity contribution in [1.29, 1.82) is 0 Å². The molecule has 0 radical (unpaired) electrons. The summed E-state index contributed by atoms with van der Waals surface area (Å²) in [6, 6.07) is 1.45. The van der Waals surface area contributed by atoms with Crippen molar-refractivity contribution >= 4 is 23.2 Å². The molecule has 0 aromatic heterocycles. The van der Waals surface area contributed by atoms with Gasteiger partial charge in [-0.25, -0.2) is 0 Å². The fraction of sp³-hybridized carbons (Fsp3) is 0.412. The van der Waals surface area contributed by atoms with Crippen molar-refractivity contribution in [1.82, 2.24) is 0 Å². The number of fused-ring (bicyclic) bond motifs is 1. The van der Waals surface area contributed by atoms with Crippen LogP contribution in [0.3, 0.4) is 0 Å². The molecule has 0 fully saturated rings. The zero-order chi connectivity index (χ0) is 29.6. The summed E-state index contributed by atoms with van der Waals surface area (Å²) in [5, 5.41) is 11.2. The van der Waals surface area contributed by atoms with Crippen molar-refractivity contribution in [3.05, 3.63) is 75.6 Å². The molecule has 40 heavy (non-hydrogen) atoms. The Morgan fingerprint density at radius 1 is 1.00 bits per heavy atom. The van der Waals surface area contributed by atoms with Crippen LogP contribution in [-0.2, 0) is 14.3 Å². The maximum Gasteiger partial charge on any atom is 0.224 e. The van der Waals surface area contributed by atoms with Gasteiger partial charge in [0, 0.05) is 34.4 Å². The lowest BCUT2D eigenvalue weighted by molar-refractivity contribution is -0.117. The number of carbonyl (C=O) groups is 2. The van der Waals surface area contributed by atoms with E-state index < -0.39 is 11.4 Å². The molecular weight excluding hydrogens is 504 g/mol. The molecule has 1 aromatic carbocycles. The van der Waals surface area contributed by atoms with Gasteiger partial charge in [-0.3, -0.25) is 9.59 Å². The van der Waals surface area contributed by atoms with Gasteiger partial charge in [0.15, 0.2) is 23.0 Å². The minimum Gasteiger partial charge on any atom is -0.507 e. The largest absolute Gasteiger partial charge is 0.507 e. The molecule has 6 nitrogen and oxygen atoms in total. The SMILES string of the molecule is COC1=CC(=O)C(c2c(O)cc(OC)c3c2C=C[C@@](C)(CCC=C(C)C)O3)=C(CC=C(C)CCC=C(C)C)C1=O. The Kier molecular flexibility index (Phi) is 10.0. The molecule has 1 atom stereocenters. The van der Waals surface area contributed by atoms with Crippen molar-refractivity contribution in [2.24, 2.45) is 0 Å². The summed E-state index contributed by atoms with van der Waals surface area (Å²) in [7, 11) is 2.88. The van der Waals surface area contributed by atoms with Gasteiger partial charge < -0.3 is 19.3 Å². The average molecular weight is 547 g/mol. The predicted octanol–water partition coefficient (Wildman–Crippen LogP) is 7.83. The van der Waals surface area contributed by atoms with Gasteiger partial charge >= 0.3 is 0 Å². The van der Waals surface area contributed by atoms with Gasteiger partial charge in [0.1, 0.15) is 11.4 Å². The number of Topliss-reactive ketones (excluding diaryl/α,β-unsaturated/α-hetero) is 1. The minimum atomic E-state index is -0.613. The van der Waals surface area contributed by atoms with Gasteiger partial charge in [0.2, 0.25) is 5.78 Å². The molecule has 0 amide bonds. The van der Waals surface area contributed by atoms with E-state index in [1.54, 1.807) is 0 Å². The number of phenols is 1. The van der Waals surface area contributed by atoms with Crippen LogP contribution in [0.25, 0.3) is 11.6 Å². The van der Waals surface area contributed by atoms with Crippen LogP contribution in [0.2, 0.25) is 0 Å². The van der Waals surface area contributed by atoms with E-state index in [2.05, 4.69) is 39.8 Å². The minimum absolute atomic E-state index is 0.0140. The molecule has 1 heterocycles. The zero-order valence-corrected chi connectivity index (χ0v) is 25.1. The van der Waals surface area contributed by atoms with Gasteiger partial charge in [0.05, 0.1) is 14.2 Å². The van der Waals surface area contributed by atoms with E-state index >= 15 is 0 Å². The Morgan fingerprint density at radius 3 is 2.30 bits per heavy atom. The van der Waals surface area contributed by atoms with Gasteiger partial charge in [-0.05, 0) is 79.7 Å². The maximum atomic E-state index is 13.5. The van der Waals surface area contributed by atoms with E-state index in [9.17, 15) is 14.7 Å². The Morgan fingerprint density at radius 2 is 1.68 bits per heavy atom. The number of phenolic OH excluding ortho intramolecular Hbond substituents is 1. The third-order valence-electron chi connectivity index (χ3n) is 7.14. The van der Waals surface area contributed by atoms with Crippen LogP contribution in [-0.4, -0.2) is 36.5 Å². The van der Waals surface area contributed by atoms with Gasteiger partial charge in [-0.15, -0.1) is 0 Å². The summed E-state index contributed by atoms with van der Waals surface area (Å²) in [5.41, 5.74) is 4.17. The van der Waals surface area contributed by atoms with Crippen LogP contribution in [0, 0.1) is 0 Å². The normalized spacial score (nSPS) is 18.6. The average Bonchev–Trinajstić information content (AvgIpc) is 2.88. The lowest BCUT2D eigenvalue weighted by Crippen LogP contribution is -2.32. The van der Waals surface area contributed by atoms with Crippen molar-refractivity contribution in [2.75, 3.05) is 14.2 Å². The quantitative estimate of drug-likeness (QED) is 0.225. The highest BCUT2D eigenvalue weighted by Crippen LogP contribution is 2.49. The number of allylic oxidation sites excluding steroid dienone is 9. The summed E-state index contributed by atoms with van der Waals surface area (Å²) < 4.78 is 17.3. The van der Waals surface area contributed by atoms with E-state index in [4.69, 9.17) is 14.2 Å². The molecule has 3 rings (SSSR count). The highest BCUT2D eigenvalue weighted by Gasteiger charge is 2.36. The number of ether oxygens (including phenoxy) is 3. The first-order valence-corrected chi connectivity index (χ1v) is 13.7. The van der Waals surface area contributed by atoms with E-state index in [1.165, 1.54) is 37.5 Å². The second-order valence-corrected chi connectivity index (χ2v) is 11.1. The lowest BCUT2D eigenvalue weighted by atomic mass is 9.82. The highest BCUT2D eigenvalue weighted by molar-refractivity contribution is 6.37. The first-order valence-electron chi connectivity index (χ1n) is 13.7. The maximum absolute atomic E-state index is 13.5. The summed E-state index contributed by atoms with van der Waals surface area (Å²) in [6.45, 7) is 12.3. The van der Waals surface area contributed by atoms with Crippen LogP contribution in [0.5, 0.6) is 17.2 Å². The summed E-state index contributed by atoms with van der Waals surface area (Å²) in [6.07, 6.45) is 14.8. The Bertz CT molecular complexity index is 1360. The number of rotatable bonds is 11. The number of hydrogen-bond donors (Lipinski definition) is 1. The number of hydrogen-bond acceptors (Lipinski definition) is 6. The molecule has 2 aliphatic rings. The van der Waals surface area contributed by atoms with Crippen LogP contribution >= 0.6 is 0 Å². The number of carbonyl (C=O) groups excluding carboxylic acids is 2. The molecule has 1 aromatic rings.